The number of carbonyl (C=O) groups excluding carboxylic acids is 4. The van der Waals surface area contributed by atoms with Gasteiger partial charge < -0.3 is 0 Å². The van der Waals surface area contributed by atoms with Crippen molar-refractivity contribution in [2.24, 2.45) is 0 Å². The number of hydrogen-bond donors (Lipinski definition) is 0. The van der Waals surface area contributed by atoms with Gasteiger partial charge in [0.25, 0.3) is 0 Å². The van der Waals surface area contributed by atoms with Gasteiger partial charge in [-0.25, -0.2) is 0 Å². The van der Waals surface area contributed by atoms with Crippen LogP contribution in [0, 0.1) is 0 Å². The molecule has 0 aromatic heterocycles. The van der Waals surface area contributed by atoms with Gasteiger partial charge in [-0.1, -0.05) is 0 Å². The average Bonchev–Trinajstić information content (AvgIpc) is 2.73. The van der Waals surface area contributed by atoms with Crippen molar-refractivity contribution in [3.05, 3.63) is 0 Å². The van der Waals surface area contributed by atoms with E-state index in [9.17, 15) is 71.9 Å². The summed E-state index contributed by atoms with van der Waals surface area (Å²) in [5, 5.41) is 0. The summed E-state index contributed by atoms with van der Waals surface area (Å²) in [4.78, 5) is 46.2. The Bertz CT molecular complexity index is 758. The van der Waals surface area contributed by atoms with E-state index >= 15 is 0 Å². The molecule has 0 amide bonds. The van der Waals surface area contributed by atoms with Crippen molar-refractivity contribution >= 4 is 63.1 Å². The second kappa shape index (κ2) is 14.0. The summed E-state index contributed by atoms with van der Waals surface area (Å²) in [5.41, 5.74) is 0. The van der Waals surface area contributed by atoms with Crippen molar-refractivity contribution < 1.29 is 85.6 Å². The maximum absolute atomic E-state index is 12.9. The van der Waals surface area contributed by atoms with E-state index in [-0.39, 0.29) is 12.8 Å². The van der Waals surface area contributed by atoms with Gasteiger partial charge in [0.05, 0.1) is 0 Å². The summed E-state index contributed by atoms with van der Waals surface area (Å²) in [6.45, 7) is 2.43. The van der Waals surface area contributed by atoms with E-state index in [2.05, 4.69) is 12.3 Å². The number of carbonyl (C=O) groups is 4. The first-order valence-electron chi connectivity index (χ1n) is 10.2. The van der Waals surface area contributed by atoms with Crippen LogP contribution < -0.4 is 0 Å². The zero-order valence-corrected chi connectivity index (χ0v) is 25.2. The van der Waals surface area contributed by atoms with Crippen molar-refractivity contribution in [3.8, 4) is 0 Å². The van der Waals surface area contributed by atoms with Gasteiger partial charge in [-0.15, -0.1) is 0 Å². The molecule has 0 saturated carbocycles. The summed E-state index contributed by atoms with van der Waals surface area (Å²) in [6, 6.07) is 0. The fourth-order valence-electron chi connectivity index (χ4n) is 2.25. The fourth-order valence-corrected chi connectivity index (χ4v) is 31.3. The molecule has 0 saturated heterocycles. The molecule has 0 aromatic carbocycles. The van der Waals surface area contributed by atoms with Crippen molar-refractivity contribution in [2.45, 2.75) is 73.1 Å². The van der Waals surface area contributed by atoms with E-state index in [1.807, 2.05) is 0 Å². The summed E-state index contributed by atoms with van der Waals surface area (Å²) < 4.78 is 173. The second-order valence-electron chi connectivity index (χ2n) is 7.22. The van der Waals surface area contributed by atoms with Crippen LogP contribution in [0.2, 0.25) is 8.87 Å². The van der Waals surface area contributed by atoms with Gasteiger partial charge in [0, 0.05) is 0 Å². The topological polar surface area (TPSA) is 114 Å². The molecule has 0 radical (unpaired) electrons. The molecule has 0 N–H and O–H groups in total. The SMILES string of the molecule is CCC[CH2][Sn]([O]C(=O)C(F)(F)F)([O]C(=O)C(F)(F)F)[O][Sn]([CH2]CCC)([O]C(=O)C(F)(F)F)[O]C(=O)C(F)(F)F. The number of halogens is 12. The summed E-state index contributed by atoms with van der Waals surface area (Å²) in [5.74, 6) is -13.6. The molecular formula is C16H18F12O9Sn2. The van der Waals surface area contributed by atoms with E-state index in [0.29, 0.717) is 0 Å². The first-order chi connectivity index (χ1) is 17.3. The van der Waals surface area contributed by atoms with Gasteiger partial charge >= 0.3 is 222 Å². The zero-order valence-electron chi connectivity index (χ0n) is 19.5. The van der Waals surface area contributed by atoms with E-state index < -0.39 is 110 Å². The zero-order chi connectivity index (χ0) is 31.1. The molecule has 0 aliphatic rings. The van der Waals surface area contributed by atoms with Crippen molar-refractivity contribution in [3.63, 3.8) is 0 Å². The van der Waals surface area contributed by atoms with Gasteiger partial charge in [-0.3, -0.25) is 0 Å². The van der Waals surface area contributed by atoms with Crippen LogP contribution in [0.1, 0.15) is 39.5 Å². The van der Waals surface area contributed by atoms with Crippen LogP contribution in [0.15, 0.2) is 0 Å². The van der Waals surface area contributed by atoms with Gasteiger partial charge in [0.2, 0.25) is 0 Å². The quantitative estimate of drug-likeness (QED) is 0.201. The predicted octanol–water partition coefficient (Wildman–Crippen LogP) is 4.90. The molecule has 0 bridgehead atoms. The maximum atomic E-state index is 12.9. The molecule has 23 heteroatoms. The van der Waals surface area contributed by atoms with Crippen LogP contribution in [0.5, 0.6) is 0 Å². The molecule has 0 atom stereocenters. The second-order valence-corrected chi connectivity index (χ2v) is 24.7. The molecule has 0 spiro atoms. The summed E-state index contributed by atoms with van der Waals surface area (Å²) in [7, 11) is 0. The Labute approximate surface area is 221 Å². The van der Waals surface area contributed by atoms with Crippen molar-refractivity contribution in [1.82, 2.24) is 0 Å². The van der Waals surface area contributed by atoms with E-state index in [1.165, 1.54) is 13.8 Å². The number of alkyl halides is 12. The molecule has 0 unspecified atom stereocenters. The third kappa shape index (κ3) is 12.8. The van der Waals surface area contributed by atoms with Crippen LogP contribution >= 0.6 is 0 Å². The minimum absolute atomic E-state index is 0.211. The Morgan fingerprint density at radius 1 is 0.487 bits per heavy atom. The van der Waals surface area contributed by atoms with Gasteiger partial charge in [0.1, 0.15) is 0 Å². The third-order valence-electron chi connectivity index (χ3n) is 3.90. The van der Waals surface area contributed by atoms with E-state index in [0.717, 1.165) is 0 Å². The van der Waals surface area contributed by atoms with Crippen molar-refractivity contribution in [2.75, 3.05) is 0 Å². The van der Waals surface area contributed by atoms with E-state index in [1.54, 1.807) is 0 Å². The predicted molar refractivity (Wildman–Crippen MR) is 101 cm³/mol. The van der Waals surface area contributed by atoms with Crippen LogP contribution in [-0.2, 0) is 32.9 Å². The molecule has 39 heavy (non-hydrogen) atoms. The normalized spacial score (nSPS) is 13.5. The molecule has 0 aromatic rings. The monoisotopic (exact) mass is 822 g/mol. The first kappa shape index (κ1) is 37.6. The third-order valence-corrected chi connectivity index (χ3v) is 28.8. The summed E-state index contributed by atoms with van der Waals surface area (Å²) in [6.07, 6.45) is -25.9. The number of unbranched alkanes of at least 4 members (excludes halogenated alkanes) is 2. The molecule has 228 valence electrons. The van der Waals surface area contributed by atoms with E-state index in [4.69, 9.17) is 1.41 Å². The molecule has 0 rings (SSSR count). The van der Waals surface area contributed by atoms with Crippen LogP contribution in [0.3, 0.4) is 0 Å². The minimum atomic E-state index is -7.47. The number of hydrogen-bond acceptors (Lipinski definition) is 9. The molecule has 0 aliphatic heterocycles. The van der Waals surface area contributed by atoms with Crippen LogP contribution in [-0.4, -0.2) is 87.8 Å². The van der Waals surface area contributed by atoms with Crippen molar-refractivity contribution in [1.29, 1.82) is 0 Å². The average molecular weight is 820 g/mol. The Morgan fingerprint density at radius 3 is 0.846 bits per heavy atom. The number of rotatable bonds is 12. The van der Waals surface area contributed by atoms with Gasteiger partial charge in [-0.05, 0) is 0 Å². The van der Waals surface area contributed by atoms with Gasteiger partial charge in [0.15, 0.2) is 0 Å². The standard InChI is InChI=1S/2C4H9.4C2HF3O2.O.2Sn/c2*1-3-4-2;4*3-2(4,5)1(6)7;;;/h2*1,3-4H2,2H3;4*(H,6,7);;;/q;;;;;;;2*+2/p-4. The Balaban J connectivity index is 7.28. The van der Waals surface area contributed by atoms with Crippen LogP contribution in [0.4, 0.5) is 52.7 Å². The summed E-state index contributed by atoms with van der Waals surface area (Å²) >= 11 is -14.9. The Hall–Kier alpha value is -1.40. The molecule has 0 fully saturated rings. The first-order valence-corrected chi connectivity index (χ1v) is 21.3. The molecular weight excluding hydrogens is 802 g/mol. The Morgan fingerprint density at radius 2 is 0.692 bits per heavy atom. The molecule has 0 heterocycles. The molecule has 0 aliphatic carbocycles. The fraction of sp³-hybridized carbons (Fsp3) is 0.750. The Kier molecular flexibility index (Phi) is 13.5. The van der Waals surface area contributed by atoms with Crippen LogP contribution in [0.25, 0.3) is 0 Å². The molecule has 9 nitrogen and oxygen atoms in total. The van der Waals surface area contributed by atoms with Gasteiger partial charge in [-0.2, -0.15) is 0 Å².